The quantitative estimate of drug-likeness (QED) is 0.580. The lowest BCUT2D eigenvalue weighted by atomic mass is 10.1. The number of morpholine rings is 1. The maximum atomic E-state index is 12.7. The fourth-order valence-corrected chi connectivity index (χ4v) is 5.42. The van der Waals surface area contributed by atoms with Crippen LogP contribution in [0.3, 0.4) is 0 Å². The van der Waals surface area contributed by atoms with Gasteiger partial charge in [0.05, 0.1) is 35.0 Å². The van der Waals surface area contributed by atoms with Crippen LogP contribution in [0.1, 0.15) is 65.7 Å². The molecule has 5 rings (SSSR count). The minimum absolute atomic E-state index is 0.144. The second-order valence-corrected chi connectivity index (χ2v) is 10.1. The molecule has 0 spiro atoms. The number of amides is 1. The molecule has 3 aromatic rings. The van der Waals surface area contributed by atoms with Crippen molar-refractivity contribution in [3.05, 3.63) is 46.7 Å². The summed E-state index contributed by atoms with van der Waals surface area (Å²) in [5, 5.41) is 7.76. The van der Waals surface area contributed by atoms with Crippen molar-refractivity contribution >= 4 is 22.4 Å². The molecule has 3 aromatic heterocycles. The van der Waals surface area contributed by atoms with E-state index >= 15 is 0 Å². The average Bonchev–Trinajstić information content (AvgIpc) is 3.39. The van der Waals surface area contributed by atoms with Gasteiger partial charge in [-0.05, 0) is 58.2 Å². The molecule has 1 aliphatic carbocycles. The topological polar surface area (TPSA) is 93.4 Å². The van der Waals surface area contributed by atoms with E-state index in [9.17, 15) is 4.79 Å². The molecule has 8 nitrogen and oxygen atoms in total. The van der Waals surface area contributed by atoms with E-state index in [1.165, 1.54) is 19.1 Å². The summed E-state index contributed by atoms with van der Waals surface area (Å²) >= 11 is 1.67. The van der Waals surface area contributed by atoms with Crippen molar-refractivity contribution in [2.75, 3.05) is 18.0 Å². The standard InChI is InChI=1S/C24H29N5O3S/c1-13-7-18(8-20(26-13)17-5-6-17)22-21(9-25-23(30)19-12-31-28-16(19)4)27-24(33-22)29-10-14(2)32-15(3)11-29/h7-8,12,14-15,17H,5-6,9-11H2,1-4H3,(H,25,30)/t14-,15+. The average molecular weight is 468 g/mol. The van der Waals surface area contributed by atoms with Gasteiger partial charge in [-0.1, -0.05) is 16.5 Å². The van der Waals surface area contributed by atoms with Crippen LogP contribution in [0, 0.1) is 13.8 Å². The molecule has 1 N–H and O–H groups in total. The fourth-order valence-electron chi connectivity index (χ4n) is 4.34. The van der Waals surface area contributed by atoms with Crippen LogP contribution in [0.25, 0.3) is 10.4 Å². The molecular weight excluding hydrogens is 438 g/mol. The van der Waals surface area contributed by atoms with Gasteiger partial charge < -0.3 is 19.5 Å². The van der Waals surface area contributed by atoms with Gasteiger partial charge in [-0.3, -0.25) is 9.78 Å². The number of nitrogens with one attached hydrogen (secondary N) is 1. The molecule has 1 saturated carbocycles. The molecule has 0 unspecified atom stereocenters. The number of pyridine rings is 1. The number of hydrogen-bond donors (Lipinski definition) is 1. The third kappa shape index (κ3) is 4.79. The zero-order valence-electron chi connectivity index (χ0n) is 19.4. The molecule has 0 aromatic carbocycles. The molecule has 2 aliphatic rings. The van der Waals surface area contributed by atoms with Gasteiger partial charge in [-0.15, -0.1) is 0 Å². The first-order valence-electron chi connectivity index (χ1n) is 11.5. The smallest absolute Gasteiger partial charge is 0.256 e. The van der Waals surface area contributed by atoms with Crippen LogP contribution in [-0.2, 0) is 11.3 Å². The molecule has 1 saturated heterocycles. The van der Waals surface area contributed by atoms with Crippen LogP contribution in [0.5, 0.6) is 0 Å². The van der Waals surface area contributed by atoms with Crippen LogP contribution in [0.15, 0.2) is 22.9 Å². The monoisotopic (exact) mass is 467 g/mol. The Morgan fingerprint density at radius 2 is 1.94 bits per heavy atom. The van der Waals surface area contributed by atoms with Crippen molar-refractivity contribution in [3.63, 3.8) is 0 Å². The lowest BCUT2D eigenvalue weighted by Gasteiger charge is -2.35. The molecule has 1 amide bonds. The van der Waals surface area contributed by atoms with E-state index in [1.807, 2.05) is 6.92 Å². The minimum atomic E-state index is -0.215. The zero-order chi connectivity index (χ0) is 23.1. The van der Waals surface area contributed by atoms with Crippen molar-refractivity contribution in [2.45, 2.75) is 65.2 Å². The Bertz CT molecular complexity index is 1160. The van der Waals surface area contributed by atoms with Crippen LogP contribution >= 0.6 is 11.3 Å². The molecule has 2 atom stereocenters. The highest BCUT2D eigenvalue weighted by atomic mass is 32.1. The van der Waals surface area contributed by atoms with E-state index in [2.05, 4.69) is 41.4 Å². The fraction of sp³-hybridized carbons (Fsp3) is 0.500. The number of carbonyl (C=O) groups excluding carboxylic acids is 1. The summed E-state index contributed by atoms with van der Waals surface area (Å²) in [7, 11) is 0. The Labute approximate surface area is 197 Å². The zero-order valence-corrected chi connectivity index (χ0v) is 20.2. The van der Waals surface area contributed by atoms with E-state index in [4.69, 9.17) is 19.2 Å². The van der Waals surface area contributed by atoms with Crippen molar-refractivity contribution in [1.82, 2.24) is 20.4 Å². The number of ether oxygens (including phenoxy) is 1. The number of nitrogens with zero attached hydrogens (tertiary/aromatic N) is 4. The molecule has 0 radical (unpaired) electrons. The number of hydrogen-bond acceptors (Lipinski definition) is 8. The SMILES string of the molecule is Cc1cc(-c2sc(N3C[C@@H](C)O[C@@H](C)C3)nc2CNC(=O)c2conc2C)cc(C2CC2)n1. The Morgan fingerprint density at radius 1 is 1.18 bits per heavy atom. The molecule has 33 heavy (non-hydrogen) atoms. The first-order chi connectivity index (χ1) is 15.9. The van der Waals surface area contributed by atoms with E-state index in [-0.39, 0.29) is 18.1 Å². The van der Waals surface area contributed by atoms with Gasteiger partial charge >= 0.3 is 0 Å². The highest BCUT2D eigenvalue weighted by Gasteiger charge is 2.28. The minimum Gasteiger partial charge on any atom is -0.372 e. The number of aryl methyl sites for hydroxylation is 2. The number of thiazole rings is 1. The van der Waals surface area contributed by atoms with Gasteiger partial charge in [0.25, 0.3) is 5.91 Å². The molecule has 1 aliphatic heterocycles. The highest BCUT2D eigenvalue weighted by Crippen LogP contribution is 2.42. The molecule has 0 bridgehead atoms. The molecule has 2 fully saturated rings. The Balaban J connectivity index is 1.47. The maximum absolute atomic E-state index is 12.7. The third-order valence-corrected chi connectivity index (χ3v) is 7.23. The second-order valence-electron chi connectivity index (χ2n) is 9.13. The molecular formula is C24H29N5O3S. The van der Waals surface area contributed by atoms with Crippen molar-refractivity contribution in [2.24, 2.45) is 0 Å². The summed E-state index contributed by atoms with van der Waals surface area (Å²) in [5.74, 6) is 0.351. The largest absolute Gasteiger partial charge is 0.372 e. The van der Waals surface area contributed by atoms with Gasteiger partial charge in [0.1, 0.15) is 11.8 Å². The van der Waals surface area contributed by atoms with Crippen LogP contribution in [-0.4, -0.2) is 46.3 Å². The Kier molecular flexibility index (Phi) is 5.92. The van der Waals surface area contributed by atoms with E-state index < -0.39 is 0 Å². The summed E-state index contributed by atoms with van der Waals surface area (Å²) in [6.07, 6.45) is 4.07. The van der Waals surface area contributed by atoms with Gasteiger partial charge in [-0.25, -0.2) is 4.98 Å². The van der Waals surface area contributed by atoms with E-state index in [0.717, 1.165) is 45.7 Å². The highest BCUT2D eigenvalue weighted by molar-refractivity contribution is 7.19. The Hall–Kier alpha value is -2.78. The van der Waals surface area contributed by atoms with Gasteiger partial charge in [0, 0.05) is 30.4 Å². The second kappa shape index (κ2) is 8.87. The summed E-state index contributed by atoms with van der Waals surface area (Å²) in [4.78, 5) is 25.8. The number of rotatable bonds is 6. The summed E-state index contributed by atoms with van der Waals surface area (Å²) in [5.41, 5.74) is 5.15. The molecule has 4 heterocycles. The first-order valence-corrected chi connectivity index (χ1v) is 12.3. The van der Waals surface area contributed by atoms with Crippen molar-refractivity contribution in [3.8, 4) is 10.4 Å². The molecule has 9 heteroatoms. The van der Waals surface area contributed by atoms with E-state index in [1.54, 1.807) is 18.3 Å². The Morgan fingerprint density at radius 3 is 2.61 bits per heavy atom. The van der Waals surface area contributed by atoms with Gasteiger partial charge in [0.15, 0.2) is 5.13 Å². The first kappa shape index (κ1) is 22.0. The number of aromatic nitrogens is 3. The van der Waals surface area contributed by atoms with Crippen LogP contribution < -0.4 is 10.2 Å². The summed E-state index contributed by atoms with van der Waals surface area (Å²) in [6.45, 7) is 9.90. The lowest BCUT2D eigenvalue weighted by Crippen LogP contribution is -2.45. The van der Waals surface area contributed by atoms with Crippen LogP contribution in [0.4, 0.5) is 5.13 Å². The third-order valence-electron chi connectivity index (χ3n) is 6.02. The van der Waals surface area contributed by atoms with E-state index in [0.29, 0.717) is 23.7 Å². The lowest BCUT2D eigenvalue weighted by molar-refractivity contribution is -0.00523. The van der Waals surface area contributed by atoms with Crippen molar-refractivity contribution < 1.29 is 14.1 Å². The molecule has 174 valence electrons. The summed E-state index contributed by atoms with van der Waals surface area (Å²) < 4.78 is 10.8. The van der Waals surface area contributed by atoms with Gasteiger partial charge in [-0.2, -0.15) is 0 Å². The van der Waals surface area contributed by atoms with Crippen LogP contribution in [0.2, 0.25) is 0 Å². The van der Waals surface area contributed by atoms with Gasteiger partial charge in [0.2, 0.25) is 0 Å². The number of anilines is 1. The predicted molar refractivity (Wildman–Crippen MR) is 127 cm³/mol. The normalized spacial score (nSPS) is 20.8. The number of carbonyl (C=O) groups is 1. The predicted octanol–water partition coefficient (Wildman–Crippen LogP) is 4.23. The summed E-state index contributed by atoms with van der Waals surface area (Å²) in [6, 6.07) is 4.31. The van der Waals surface area contributed by atoms with Crippen molar-refractivity contribution in [1.29, 1.82) is 0 Å². The maximum Gasteiger partial charge on any atom is 0.256 e.